The first-order chi connectivity index (χ1) is 8.97. The molecule has 0 bridgehead atoms. The van der Waals surface area contributed by atoms with Gasteiger partial charge in [0.15, 0.2) is 0 Å². The summed E-state index contributed by atoms with van der Waals surface area (Å²) in [4.78, 5) is 23.1. The van der Waals surface area contributed by atoms with Gasteiger partial charge < -0.3 is 9.88 Å². The zero-order valence-corrected chi connectivity index (χ0v) is 11.6. The lowest BCUT2D eigenvalue weighted by molar-refractivity contribution is 0.102. The minimum absolute atomic E-state index is 0.164. The maximum absolute atomic E-state index is 13.1. The van der Waals surface area contributed by atoms with Crippen LogP contribution in [0.4, 0.5) is 10.1 Å². The predicted molar refractivity (Wildman–Crippen MR) is 73.7 cm³/mol. The summed E-state index contributed by atoms with van der Waals surface area (Å²) in [6.07, 6.45) is 1.51. The van der Waals surface area contributed by atoms with Crippen molar-refractivity contribution in [3.63, 3.8) is 0 Å². The van der Waals surface area contributed by atoms with Gasteiger partial charge >= 0.3 is 0 Å². The van der Waals surface area contributed by atoms with Gasteiger partial charge in [0.25, 0.3) is 5.91 Å². The SMILES string of the molecule is Cn1cc(NC(=O)c2ccc(F)c(Br)c2)ccc1=O. The van der Waals surface area contributed by atoms with E-state index in [-0.39, 0.29) is 15.9 Å². The summed E-state index contributed by atoms with van der Waals surface area (Å²) in [7, 11) is 1.59. The molecule has 0 atom stereocenters. The van der Waals surface area contributed by atoms with Crippen molar-refractivity contribution in [1.29, 1.82) is 0 Å². The summed E-state index contributed by atoms with van der Waals surface area (Å²) >= 11 is 3.02. The van der Waals surface area contributed by atoms with E-state index in [4.69, 9.17) is 0 Å². The molecule has 2 rings (SSSR count). The molecule has 2 aromatic rings. The van der Waals surface area contributed by atoms with E-state index in [1.54, 1.807) is 7.05 Å². The molecule has 19 heavy (non-hydrogen) atoms. The molecule has 1 heterocycles. The Morgan fingerprint density at radius 1 is 1.32 bits per heavy atom. The van der Waals surface area contributed by atoms with Crippen molar-refractivity contribution >= 4 is 27.5 Å². The Labute approximate surface area is 117 Å². The number of anilines is 1. The van der Waals surface area contributed by atoms with Crippen LogP contribution >= 0.6 is 15.9 Å². The van der Waals surface area contributed by atoms with Crippen molar-refractivity contribution in [2.45, 2.75) is 0 Å². The van der Waals surface area contributed by atoms with Gasteiger partial charge in [0.05, 0.1) is 10.2 Å². The van der Waals surface area contributed by atoms with E-state index >= 15 is 0 Å². The highest BCUT2D eigenvalue weighted by Crippen LogP contribution is 2.17. The topological polar surface area (TPSA) is 51.1 Å². The summed E-state index contributed by atoms with van der Waals surface area (Å²) in [5.41, 5.74) is 0.650. The van der Waals surface area contributed by atoms with Gasteiger partial charge in [-0.2, -0.15) is 0 Å². The molecule has 0 fully saturated rings. The summed E-state index contributed by atoms with van der Waals surface area (Å²) in [6, 6.07) is 6.86. The number of amides is 1. The summed E-state index contributed by atoms with van der Waals surface area (Å²) in [5, 5.41) is 2.63. The Balaban J connectivity index is 2.22. The van der Waals surface area contributed by atoms with Crippen LogP contribution in [0.2, 0.25) is 0 Å². The van der Waals surface area contributed by atoms with Crippen LogP contribution in [0.15, 0.2) is 45.8 Å². The number of rotatable bonds is 2. The number of nitrogens with one attached hydrogen (secondary N) is 1. The molecule has 1 aromatic carbocycles. The number of hydrogen-bond donors (Lipinski definition) is 1. The van der Waals surface area contributed by atoms with Crippen molar-refractivity contribution in [2.24, 2.45) is 7.05 Å². The third-order valence-electron chi connectivity index (χ3n) is 2.53. The molecule has 1 N–H and O–H groups in total. The second-order valence-electron chi connectivity index (χ2n) is 3.95. The summed E-state index contributed by atoms with van der Waals surface area (Å²) < 4.78 is 14.6. The van der Waals surface area contributed by atoms with Crippen molar-refractivity contribution in [2.75, 3.05) is 5.32 Å². The standard InChI is InChI=1S/C13H10BrFN2O2/c1-17-7-9(3-5-12(17)18)16-13(19)8-2-4-11(15)10(14)6-8/h2-7H,1H3,(H,16,19). The van der Waals surface area contributed by atoms with Crippen LogP contribution in [-0.4, -0.2) is 10.5 Å². The molecule has 0 unspecified atom stereocenters. The first-order valence-corrected chi connectivity index (χ1v) is 6.20. The Morgan fingerprint density at radius 2 is 2.05 bits per heavy atom. The lowest BCUT2D eigenvalue weighted by Crippen LogP contribution is -2.18. The Kier molecular flexibility index (Phi) is 3.80. The molecule has 0 aliphatic heterocycles. The minimum atomic E-state index is -0.432. The maximum Gasteiger partial charge on any atom is 0.255 e. The number of carbonyl (C=O) groups is 1. The van der Waals surface area contributed by atoms with E-state index in [9.17, 15) is 14.0 Å². The summed E-state index contributed by atoms with van der Waals surface area (Å²) in [5.74, 6) is -0.807. The van der Waals surface area contributed by atoms with E-state index in [1.165, 1.54) is 41.1 Å². The largest absolute Gasteiger partial charge is 0.321 e. The monoisotopic (exact) mass is 324 g/mol. The van der Waals surface area contributed by atoms with Crippen molar-refractivity contribution in [3.8, 4) is 0 Å². The molecular formula is C13H10BrFN2O2. The molecule has 0 aliphatic carbocycles. The average molecular weight is 325 g/mol. The van der Waals surface area contributed by atoms with E-state index < -0.39 is 5.82 Å². The number of aryl methyl sites for hydroxylation is 1. The smallest absolute Gasteiger partial charge is 0.255 e. The van der Waals surface area contributed by atoms with Crippen LogP contribution in [0.5, 0.6) is 0 Å². The van der Waals surface area contributed by atoms with Crippen LogP contribution in [0, 0.1) is 5.82 Å². The Hall–Kier alpha value is -1.95. The molecule has 0 radical (unpaired) electrons. The average Bonchev–Trinajstić information content (AvgIpc) is 2.37. The number of pyridine rings is 1. The minimum Gasteiger partial charge on any atom is -0.321 e. The molecule has 1 aromatic heterocycles. The van der Waals surface area contributed by atoms with Gasteiger partial charge in [-0.1, -0.05) is 0 Å². The van der Waals surface area contributed by atoms with Gasteiger partial charge in [0, 0.05) is 24.9 Å². The molecule has 1 amide bonds. The van der Waals surface area contributed by atoms with E-state index in [1.807, 2.05) is 0 Å². The predicted octanol–water partition coefficient (Wildman–Crippen LogP) is 2.54. The van der Waals surface area contributed by atoms with Gasteiger partial charge in [-0.05, 0) is 40.2 Å². The van der Waals surface area contributed by atoms with Gasteiger partial charge in [-0.25, -0.2) is 4.39 Å². The zero-order chi connectivity index (χ0) is 14.0. The van der Waals surface area contributed by atoms with Crippen LogP contribution in [0.3, 0.4) is 0 Å². The highest BCUT2D eigenvalue weighted by molar-refractivity contribution is 9.10. The molecule has 0 aliphatic rings. The van der Waals surface area contributed by atoms with Gasteiger partial charge in [-0.15, -0.1) is 0 Å². The molecule has 0 saturated heterocycles. The van der Waals surface area contributed by atoms with Crippen LogP contribution in [0.1, 0.15) is 10.4 Å². The molecule has 98 valence electrons. The normalized spacial score (nSPS) is 10.3. The summed E-state index contributed by atoms with van der Waals surface area (Å²) in [6.45, 7) is 0. The van der Waals surface area contributed by atoms with Crippen LogP contribution < -0.4 is 10.9 Å². The third-order valence-corrected chi connectivity index (χ3v) is 3.13. The van der Waals surface area contributed by atoms with Crippen molar-refractivity contribution in [1.82, 2.24) is 4.57 Å². The van der Waals surface area contributed by atoms with E-state index in [0.717, 1.165) is 0 Å². The molecule has 0 spiro atoms. The second-order valence-corrected chi connectivity index (χ2v) is 4.80. The number of carbonyl (C=O) groups excluding carboxylic acids is 1. The highest BCUT2D eigenvalue weighted by atomic mass is 79.9. The first kappa shape index (κ1) is 13.5. The number of hydrogen-bond acceptors (Lipinski definition) is 2. The molecule has 6 heteroatoms. The van der Waals surface area contributed by atoms with Crippen LogP contribution in [-0.2, 0) is 7.05 Å². The van der Waals surface area contributed by atoms with Crippen molar-refractivity contribution in [3.05, 3.63) is 62.7 Å². The lowest BCUT2D eigenvalue weighted by Gasteiger charge is -2.07. The second kappa shape index (κ2) is 5.36. The van der Waals surface area contributed by atoms with E-state index in [2.05, 4.69) is 21.2 Å². The molecule has 4 nitrogen and oxygen atoms in total. The fourth-order valence-electron chi connectivity index (χ4n) is 1.51. The van der Waals surface area contributed by atoms with Gasteiger partial charge in [0.1, 0.15) is 5.82 Å². The Morgan fingerprint density at radius 3 is 2.68 bits per heavy atom. The third kappa shape index (κ3) is 3.08. The van der Waals surface area contributed by atoms with E-state index in [0.29, 0.717) is 11.3 Å². The molecular weight excluding hydrogens is 315 g/mol. The maximum atomic E-state index is 13.1. The molecule has 0 saturated carbocycles. The van der Waals surface area contributed by atoms with Crippen molar-refractivity contribution < 1.29 is 9.18 Å². The van der Waals surface area contributed by atoms with Gasteiger partial charge in [0.2, 0.25) is 5.56 Å². The quantitative estimate of drug-likeness (QED) is 0.922. The Bertz CT molecular complexity index is 697. The fraction of sp³-hybridized carbons (Fsp3) is 0.0769. The highest BCUT2D eigenvalue weighted by Gasteiger charge is 2.09. The number of aromatic nitrogens is 1. The fourth-order valence-corrected chi connectivity index (χ4v) is 1.89. The number of nitrogens with zero attached hydrogens (tertiary/aromatic N) is 1. The first-order valence-electron chi connectivity index (χ1n) is 5.40. The zero-order valence-electron chi connectivity index (χ0n) is 9.98. The number of halogens is 2. The number of benzene rings is 1. The lowest BCUT2D eigenvalue weighted by atomic mass is 10.2. The van der Waals surface area contributed by atoms with Crippen LogP contribution in [0.25, 0.3) is 0 Å². The van der Waals surface area contributed by atoms with Gasteiger partial charge in [-0.3, -0.25) is 9.59 Å².